The molecule has 0 saturated carbocycles. The molecule has 212 valence electrons. The molecule has 2 atom stereocenters. The van der Waals surface area contributed by atoms with E-state index < -0.39 is 0 Å². The molecule has 2 unspecified atom stereocenters. The van der Waals surface area contributed by atoms with E-state index in [0.29, 0.717) is 28.7 Å². The third-order valence-electron chi connectivity index (χ3n) is 7.95. The van der Waals surface area contributed by atoms with Crippen LogP contribution < -0.4 is 25.8 Å². The number of ether oxygens (including phenoxy) is 1. The van der Waals surface area contributed by atoms with Gasteiger partial charge < -0.3 is 24.8 Å². The number of likely N-dealkylation sites (N-methyl/N-ethyl adjacent to an activating group) is 1. The van der Waals surface area contributed by atoms with Crippen molar-refractivity contribution in [2.75, 3.05) is 43.5 Å². The van der Waals surface area contributed by atoms with E-state index in [1.165, 1.54) is 17.2 Å². The summed E-state index contributed by atoms with van der Waals surface area (Å²) in [5.41, 5.74) is 2.48. The molecule has 2 N–H and O–H groups in total. The molecule has 10 nitrogen and oxygen atoms in total. The summed E-state index contributed by atoms with van der Waals surface area (Å²) in [6.45, 7) is 3.67. The first-order chi connectivity index (χ1) is 19.9. The Morgan fingerprint density at radius 3 is 2.78 bits per heavy atom. The summed E-state index contributed by atoms with van der Waals surface area (Å²) in [7, 11) is 3.19. The number of nitrogens with one attached hydrogen (secondary N) is 2. The zero-order chi connectivity index (χ0) is 28.5. The summed E-state index contributed by atoms with van der Waals surface area (Å²) < 4.78 is 6.99. The molecule has 2 fully saturated rings. The van der Waals surface area contributed by atoms with Gasteiger partial charge in [0.1, 0.15) is 5.02 Å². The van der Waals surface area contributed by atoms with Gasteiger partial charge in [0.15, 0.2) is 18.2 Å². The summed E-state index contributed by atoms with van der Waals surface area (Å²) >= 11 is 6.53. The van der Waals surface area contributed by atoms with Gasteiger partial charge in [0.05, 0.1) is 11.7 Å². The third kappa shape index (κ3) is 5.57. The van der Waals surface area contributed by atoms with E-state index in [1.54, 1.807) is 19.3 Å². The lowest BCUT2D eigenvalue weighted by Crippen LogP contribution is -2.36. The summed E-state index contributed by atoms with van der Waals surface area (Å²) in [5.74, 6) is 1.55. The molecule has 1 amide bonds. The van der Waals surface area contributed by atoms with Crippen molar-refractivity contribution < 1.29 is 9.53 Å². The first-order valence-electron chi connectivity index (χ1n) is 13.7. The normalized spacial score (nSPS) is 18.5. The number of fused-ring (bicyclic) bond motifs is 2. The fourth-order valence-electron chi connectivity index (χ4n) is 5.84. The minimum atomic E-state index is -0.317. The molecule has 0 aliphatic carbocycles. The molecule has 4 heterocycles. The van der Waals surface area contributed by atoms with Crippen LogP contribution in [0.25, 0.3) is 10.9 Å². The first kappa shape index (κ1) is 27.0. The van der Waals surface area contributed by atoms with Crippen LogP contribution in [0.15, 0.2) is 65.6 Å². The van der Waals surface area contributed by atoms with Crippen LogP contribution in [-0.2, 0) is 18.4 Å². The van der Waals surface area contributed by atoms with Crippen molar-refractivity contribution in [3.63, 3.8) is 0 Å². The standard InChI is InChI=1S/C30H32ClN7O3/c1-32-27(39)18-41-26-13-21-12-22(8-9-24(21)36(2)29(26)40)34-28-23(31)14-33-30(35-28)38-11-10-20-16-37(17-25(20)38)15-19-6-4-3-5-7-19/h3-9,12-14,20,25H,10-11,15-18H2,1-2H3,(H,32,39)(H,33,34,35). The molecular formula is C30H32ClN7O3. The number of benzene rings is 2. The van der Waals surface area contributed by atoms with Crippen molar-refractivity contribution in [2.24, 2.45) is 13.0 Å². The number of hydrogen-bond donors (Lipinski definition) is 2. The smallest absolute Gasteiger partial charge is 0.293 e. The molecule has 41 heavy (non-hydrogen) atoms. The zero-order valence-corrected chi connectivity index (χ0v) is 23.8. The second-order valence-corrected chi connectivity index (χ2v) is 11.0. The van der Waals surface area contributed by atoms with Gasteiger partial charge in [0, 0.05) is 57.4 Å². The van der Waals surface area contributed by atoms with Crippen molar-refractivity contribution in [1.82, 2.24) is 24.8 Å². The van der Waals surface area contributed by atoms with Crippen LogP contribution in [-0.4, -0.2) is 64.7 Å². The number of amides is 1. The average molecular weight is 574 g/mol. The number of aromatic nitrogens is 3. The number of likely N-dealkylation sites (tertiary alicyclic amines) is 1. The maximum absolute atomic E-state index is 12.7. The molecule has 11 heteroatoms. The molecule has 2 aromatic carbocycles. The Kier molecular flexibility index (Phi) is 7.51. The largest absolute Gasteiger partial charge is 0.478 e. The van der Waals surface area contributed by atoms with E-state index in [0.717, 1.165) is 49.2 Å². The van der Waals surface area contributed by atoms with Crippen LogP contribution in [0, 0.1) is 5.92 Å². The Hall–Kier alpha value is -4.15. The Morgan fingerprint density at radius 2 is 1.98 bits per heavy atom. The highest BCUT2D eigenvalue weighted by Gasteiger charge is 2.42. The van der Waals surface area contributed by atoms with Crippen molar-refractivity contribution in [3.05, 3.63) is 81.7 Å². The summed E-state index contributed by atoms with van der Waals surface area (Å²) in [4.78, 5) is 38.6. The maximum Gasteiger partial charge on any atom is 0.293 e. The molecule has 0 spiro atoms. The van der Waals surface area contributed by atoms with Gasteiger partial charge in [-0.05, 0) is 42.2 Å². The van der Waals surface area contributed by atoms with E-state index >= 15 is 0 Å². The highest BCUT2D eigenvalue weighted by atomic mass is 35.5. The second-order valence-electron chi connectivity index (χ2n) is 10.6. The molecular weight excluding hydrogens is 542 g/mol. The number of carbonyl (C=O) groups excluding carboxylic acids is 1. The SMILES string of the molecule is CNC(=O)COc1cc2cc(Nc3nc(N4CCC5CN(Cc6ccccc6)CC54)ncc3Cl)ccc2n(C)c1=O. The van der Waals surface area contributed by atoms with Crippen LogP contribution in [0.5, 0.6) is 5.75 Å². The zero-order valence-electron chi connectivity index (χ0n) is 23.0. The van der Waals surface area contributed by atoms with Gasteiger partial charge in [0.25, 0.3) is 11.5 Å². The monoisotopic (exact) mass is 573 g/mol. The van der Waals surface area contributed by atoms with Crippen LogP contribution in [0.3, 0.4) is 0 Å². The molecule has 0 radical (unpaired) electrons. The van der Waals surface area contributed by atoms with Gasteiger partial charge in [-0.1, -0.05) is 41.9 Å². The van der Waals surface area contributed by atoms with Crippen LogP contribution in [0.2, 0.25) is 5.02 Å². The van der Waals surface area contributed by atoms with Crippen LogP contribution in [0.1, 0.15) is 12.0 Å². The quantitative estimate of drug-likeness (QED) is 0.330. The molecule has 2 aliphatic heterocycles. The van der Waals surface area contributed by atoms with E-state index in [2.05, 4.69) is 55.7 Å². The fourth-order valence-corrected chi connectivity index (χ4v) is 5.98. The van der Waals surface area contributed by atoms with Crippen molar-refractivity contribution >= 4 is 45.9 Å². The molecule has 2 saturated heterocycles. The number of pyridine rings is 1. The van der Waals surface area contributed by atoms with Gasteiger partial charge in [0.2, 0.25) is 5.95 Å². The first-order valence-corrected chi connectivity index (χ1v) is 14.1. The topological polar surface area (TPSA) is 105 Å². The minimum Gasteiger partial charge on any atom is -0.478 e. The van der Waals surface area contributed by atoms with E-state index in [4.69, 9.17) is 21.3 Å². The van der Waals surface area contributed by atoms with Gasteiger partial charge in [-0.25, -0.2) is 4.98 Å². The molecule has 2 aromatic heterocycles. The van der Waals surface area contributed by atoms with E-state index in [-0.39, 0.29) is 23.8 Å². The average Bonchev–Trinajstić information content (AvgIpc) is 3.56. The lowest BCUT2D eigenvalue weighted by Gasteiger charge is -2.25. The van der Waals surface area contributed by atoms with Gasteiger partial charge in [-0.3, -0.25) is 14.5 Å². The number of carbonyl (C=O) groups is 1. The van der Waals surface area contributed by atoms with Crippen LogP contribution >= 0.6 is 11.6 Å². The number of halogens is 1. The number of aryl methyl sites for hydroxylation is 1. The highest BCUT2D eigenvalue weighted by molar-refractivity contribution is 6.32. The summed E-state index contributed by atoms with van der Waals surface area (Å²) in [6, 6.07) is 18.2. The van der Waals surface area contributed by atoms with Crippen LogP contribution in [0.4, 0.5) is 17.5 Å². The number of anilines is 3. The molecule has 2 aliphatic rings. The number of nitrogens with zero attached hydrogens (tertiary/aromatic N) is 5. The number of rotatable bonds is 8. The summed E-state index contributed by atoms with van der Waals surface area (Å²) in [6.07, 6.45) is 2.75. The van der Waals surface area contributed by atoms with Crippen molar-refractivity contribution in [3.8, 4) is 5.75 Å². The summed E-state index contributed by atoms with van der Waals surface area (Å²) in [5, 5.41) is 6.99. The Balaban J connectivity index is 1.21. The maximum atomic E-state index is 12.7. The molecule has 4 aromatic rings. The van der Waals surface area contributed by atoms with E-state index in [9.17, 15) is 9.59 Å². The number of hydrogen-bond acceptors (Lipinski definition) is 8. The van der Waals surface area contributed by atoms with Gasteiger partial charge >= 0.3 is 0 Å². The highest BCUT2D eigenvalue weighted by Crippen LogP contribution is 2.36. The van der Waals surface area contributed by atoms with Gasteiger partial charge in [-0.15, -0.1) is 0 Å². The van der Waals surface area contributed by atoms with E-state index in [1.807, 2.05) is 18.2 Å². The fraction of sp³-hybridized carbons (Fsp3) is 0.333. The lowest BCUT2D eigenvalue weighted by atomic mass is 10.1. The predicted octanol–water partition coefficient (Wildman–Crippen LogP) is 3.56. The Labute approximate surface area is 242 Å². The second kappa shape index (κ2) is 11.4. The van der Waals surface area contributed by atoms with Crippen molar-refractivity contribution in [1.29, 1.82) is 0 Å². The van der Waals surface area contributed by atoms with Gasteiger partial charge in [-0.2, -0.15) is 4.98 Å². The Bertz CT molecular complexity index is 1640. The van der Waals surface area contributed by atoms with Crippen molar-refractivity contribution in [2.45, 2.75) is 19.0 Å². The molecule has 6 rings (SSSR count). The lowest BCUT2D eigenvalue weighted by molar-refractivity contribution is -0.122. The molecule has 0 bridgehead atoms. The Morgan fingerprint density at radius 1 is 1.15 bits per heavy atom. The minimum absolute atomic E-state index is 0.101. The predicted molar refractivity (Wildman–Crippen MR) is 160 cm³/mol. The third-order valence-corrected chi connectivity index (χ3v) is 8.23.